The van der Waals surface area contributed by atoms with Crippen LogP contribution in [0.1, 0.15) is 42.3 Å². The Labute approximate surface area is 89.2 Å². The van der Waals surface area contributed by atoms with Crippen LogP contribution in [0.3, 0.4) is 0 Å². The van der Waals surface area contributed by atoms with E-state index in [1.807, 2.05) is 0 Å². The minimum Gasteiger partial charge on any atom is -0.360 e. The number of ketones is 1. The SMILES string of the molecule is CCN1CCC(c2oncc2C(C)=O)C1. The van der Waals surface area contributed by atoms with Crippen LogP contribution < -0.4 is 0 Å². The molecule has 1 aromatic heterocycles. The third-order valence-corrected chi connectivity index (χ3v) is 3.07. The number of carbonyl (C=O) groups excluding carboxylic acids is 1. The van der Waals surface area contributed by atoms with Crippen molar-refractivity contribution in [2.45, 2.75) is 26.2 Å². The molecule has 1 aliphatic heterocycles. The number of hydrogen-bond donors (Lipinski definition) is 0. The summed E-state index contributed by atoms with van der Waals surface area (Å²) in [6, 6.07) is 0. The molecule has 1 aliphatic rings. The summed E-state index contributed by atoms with van der Waals surface area (Å²) in [5.41, 5.74) is 0.651. The van der Waals surface area contributed by atoms with Crippen LogP contribution in [0.25, 0.3) is 0 Å². The van der Waals surface area contributed by atoms with E-state index in [1.165, 1.54) is 6.20 Å². The van der Waals surface area contributed by atoms with E-state index >= 15 is 0 Å². The maximum Gasteiger partial charge on any atom is 0.165 e. The Morgan fingerprint density at radius 1 is 1.73 bits per heavy atom. The monoisotopic (exact) mass is 208 g/mol. The standard InChI is InChI=1S/C11H16N2O2/c1-3-13-5-4-9(7-13)11-10(8(2)14)6-12-15-11/h6,9H,3-5,7H2,1-2H3. The number of rotatable bonds is 3. The van der Waals surface area contributed by atoms with Crippen molar-refractivity contribution < 1.29 is 9.32 Å². The normalized spacial score (nSPS) is 22.1. The van der Waals surface area contributed by atoms with Crippen LogP contribution in [-0.4, -0.2) is 35.5 Å². The molecule has 1 aromatic rings. The molecule has 0 bridgehead atoms. The molecule has 15 heavy (non-hydrogen) atoms. The summed E-state index contributed by atoms with van der Waals surface area (Å²) < 4.78 is 5.21. The van der Waals surface area contributed by atoms with Crippen LogP contribution in [0.15, 0.2) is 10.7 Å². The lowest BCUT2D eigenvalue weighted by atomic mass is 10.0. The molecule has 0 N–H and O–H groups in total. The zero-order valence-corrected chi connectivity index (χ0v) is 9.19. The van der Waals surface area contributed by atoms with Crippen LogP contribution in [0.4, 0.5) is 0 Å². The first-order valence-electron chi connectivity index (χ1n) is 5.40. The highest BCUT2D eigenvalue weighted by molar-refractivity contribution is 5.94. The van der Waals surface area contributed by atoms with Gasteiger partial charge in [0, 0.05) is 12.5 Å². The molecule has 0 saturated carbocycles. The van der Waals surface area contributed by atoms with Gasteiger partial charge in [0.2, 0.25) is 0 Å². The predicted octanol–water partition coefficient (Wildman–Crippen LogP) is 1.69. The minimum absolute atomic E-state index is 0.0428. The number of likely N-dealkylation sites (N-methyl/N-ethyl adjacent to an activating group) is 1. The molecular formula is C11H16N2O2. The van der Waals surface area contributed by atoms with Crippen LogP contribution in [0.5, 0.6) is 0 Å². The number of hydrogen-bond acceptors (Lipinski definition) is 4. The Morgan fingerprint density at radius 2 is 2.53 bits per heavy atom. The molecule has 1 unspecified atom stereocenters. The summed E-state index contributed by atoms with van der Waals surface area (Å²) in [5.74, 6) is 1.16. The van der Waals surface area contributed by atoms with Gasteiger partial charge in [-0.3, -0.25) is 4.79 Å². The molecule has 2 heterocycles. The van der Waals surface area contributed by atoms with Crippen molar-refractivity contribution in [2.75, 3.05) is 19.6 Å². The number of Topliss-reactive ketones (excluding diaryl/α,β-unsaturated/α-hetero) is 1. The number of nitrogens with zero attached hydrogens (tertiary/aromatic N) is 2. The van der Waals surface area contributed by atoms with E-state index in [1.54, 1.807) is 6.92 Å². The second kappa shape index (κ2) is 4.14. The number of carbonyl (C=O) groups is 1. The first kappa shape index (κ1) is 10.4. The molecule has 0 aliphatic carbocycles. The van der Waals surface area contributed by atoms with Crippen molar-refractivity contribution in [2.24, 2.45) is 0 Å². The maximum absolute atomic E-state index is 11.3. The van der Waals surface area contributed by atoms with Gasteiger partial charge in [0.05, 0.1) is 11.8 Å². The van der Waals surface area contributed by atoms with Crippen molar-refractivity contribution in [1.82, 2.24) is 10.1 Å². The molecule has 1 atom stereocenters. The van der Waals surface area contributed by atoms with E-state index in [0.717, 1.165) is 31.8 Å². The van der Waals surface area contributed by atoms with Crippen molar-refractivity contribution in [1.29, 1.82) is 0 Å². The molecule has 4 heteroatoms. The van der Waals surface area contributed by atoms with Crippen molar-refractivity contribution >= 4 is 5.78 Å². The topological polar surface area (TPSA) is 46.3 Å². The Bertz CT molecular complexity index is 359. The van der Waals surface area contributed by atoms with Crippen LogP contribution in [0, 0.1) is 0 Å². The second-order valence-electron chi connectivity index (χ2n) is 4.04. The molecule has 1 saturated heterocycles. The van der Waals surface area contributed by atoms with E-state index in [2.05, 4.69) is 17.0 Å². The van der Waals surface area contributed by atoms with Gasteiger partial charge in [-0.1, -0.05) is 12.1 Å². The van der Waals surface area contributed by atoms with E-state index < -0.39 is 0 Å². The Kier molecular flexibility index (Phi) is 2.86. The predicted molar refractivity (Wildman–Crippen MR) is 56.0 cm³/mol. The summed E-state index contributed by atoms with van der Waals surface area (Å²) in [5, 5.41) is 3.72. The fraction of sp³-hybridized carbons (Fsp3) is 0.636. The molecule has 0 amide bonds. The summed E-state index contributed by atoms with van der Waals surface area (Å²) >= 11 is 0. The van der Waals surface area contributed by atoms with E-state index in [-0.39, 0.29) is 5.78 Å². The minimum atomic E-state index is 0.0428. The summed E-state index contributed by atoms with van der Waals surface area (Å²) in [6.07, 6.45) is 2.59. The highest BCUT2D eigenvalue weighted by Crippen LogP contribution is 2.29. The molecular weight excluding hydrogens is 192 g/mol. The van der Waals surface area contributed by atoms with Gasteiger partial charge in [-0.15, -0.1) is 0 Å². The largest absolute Gasteiger partial charge is 0.360 e. The van der Waals surface area contributed by atoms with Gasteiger partial charge in [0.1, 0.15) is 0 Å². The van der Waals surface area contributed by atoms with Gasteiger partial charge in [-0.05, 0) is 26.4 Å². The quantitative estimate of drug-likeness (QED) is 0.709. The lowest BCUT2D eigenvalue weighted by Crippen LogP contribution is -2.19. The Hall–Kier alpha value is -1.16. The lowest BCUT2D eigenvalue weighted by molar-refractivity contribution is 0.101. The molecule has 4 nitrogen and oxygen atoms in total. The van der Waals surface area contributed by atoms with Gasteiger partial charge >= 0.3 is 0 Å². The van der Waals surface area contributed by atoms with Crippen LogP contribution in [0.2, 0.25) is 0 Å². The van der Waals surface area contributed by atoms with Gasteiger partial charge in [-0.2, -0.15) is 0 Å². The van der Waals surface area contributed by atoms with E-state index in [4.69, 9.17) is 4.52 Å². The third-order valence-electron chi connectivity index (χ3n) is 3.07. The summed E-state index contributed by atoms with van der Waals surface area (Å²) in [7, 11) is 0. The molecule has 82 valence electrons. The van der Waals surface area contributed by atoms with Gasteiger partial charge in [0.15, 0.2) is 11.5 Å². The highest BCUT2D eigenvalue weighted by atomic mass is 16.5. The molecule has 0 aromatic carbocycles. The molecule has 0 radical (unpaired) electrons. The zero-order valence-electron chi connectivity index (χ0n) is 9.19. The van der Waals surface area contributed by atoms with E-state index in [0.29, 0.717) is 11.5 Å². The summed E-state index contributed by atoms with van der Waals surface area (Å²) in [4.78, 5) is 13.7. The van der Waals surface area contributed by atoms with E-state index in [9.17, 15) is 4.79 Å². The van der Waals surface area contributed by atoms with Crippen molar-refractivity contribution in [3.8, 4) is 0 Å². The lowest BCUT2D eigenvalue weighted by Gasteiger charge is -2.11. The average Bonchev–Trinajstić information content (AvgIpc) is 2.85. The highest BCUT2D eigenvalue weighted by Gasteiger charge is 2.28. The van der Waals surface area contributed by atoms with Crippen molar-refractivity contribution in [3.63, 3.8) is 0 Å². The average molecular weight is 208 g/mol. The van der Waals surface area contributed by atoms with Crippen LogP contribution in [-0.2, 0) is 0 Å². The molecule has 2 rings (SSSR count). The van der Waals surface area contributed by atoms with Crippen molar-refractivity contribution in [3.05, 3.63) is 17.5 Å². The van der Waals surface area contributed by atoms with Gasteiger partial charge in [0.25, 0.3) is 0 Å². The van der Waals surface area contributed by atoms with Gasteiger partial charge < -0.3 is 9.42 Å². The molecule has 1 fully saturated rings. The fourth-order valence-electron chi connectivity index (χ4n) is 2.14. The molecule has 0 spiro atoms. The van der Waals surface area contributed by atoms with Crippen LogP contribution >= 0.6 is 0 Å². The fourth-order valence-corrected chi connectivity index (χ4v) is 2.14. The number of likely N-dealkylation sites (tertiary alicyclic amines) is 1. The second-order valence-corrected chi connectivity index (χ2v) is 4.04. The zero-order chi connectivity index (χ0) is 10.8. The smallest absolute Gasteiger partial charge is 0.165 e. The van der Waals surface area contributed by atoms with Gasteiger partial charge in [-0.25, -0.2) is 0 Å². The Balaban J connectivity index is 2.16. The summed E-state index contributed by atoms with van der Waals surface area (Å²) in [6.45, 7) is 6.82. The number of aromatic nitrogens is 1. The first-order chi connectivity index (χ1) is 7.22. The Morgan fingerprint density at radius 3 is 3.13 bits per heavy atom. The third kappa shape index (κ3) is 1.95. The maximum atomic E-state index is 11.3. The first-order valence-corrected chi connectivity index (χ1v) is 5.40.